The Kier molecular flexibility index (Phi) is 2.64. The van der Waals surface area contributed by atoms with Gasteiger partial charge in [0.2, 0.25) is 0 Å². The van der Waals surface area contributed by atoms with Gasteiger partial charge in [-0.15, -0.1) is 0 Å². The number of rotatable bonds is 1. The second-order valence-electron chi connectivity index (χ2n) is 3.00. The molecule has 0 aliphatic rings. The Morgan fingerprint density at radius 2 is 1.67 bits per heavy atom. The van der Waals surface area contributed by atoms with Crippen LogP contribution in [0.25, 0.3) is 11.1 Å². The second kappa shape index (κ2) is 3.95. The molecule has 0 atom stereocenters. The Morgan fingerprint density at radius 3 is 2.33 bits per heavy atom. The minimum absolute atomic E-state index is 0.317. The molecular weight excluding hydrogens is 220 g/mol. The van der Waals surface area contributed by atoms with Gasteiger partial charge >= 0.3 is 0 Å². The van der Waals surface area contributed by atoms with Crippen molar-refractivity contribution in [2.75, 3.05) is 0 Å². The molecule has 2 aromatic rings. The largest absolute Gasteiger partial charge is 0.245 e. The van der Waals surface area contributed by atoms with E-state index in [0.29, 0.717) is 16.3 Å². The second-order valence-corrected chi connectivity index (χ2v) is 3.38. The van der Waals surface area contributed by atoms with E-state index in [-0.39, 0.29) is 0 Å². The van der Waals surface area contributed by atoms with Crippen LogP contribution in [0.4, 0.5) is 8.78 Å². The van der Waals surface area contributed by atoms with E-state index in [4.69, 9.17) is 11.6 Å². The van der Waals surface area contributed by atoms with Crippen LogP contribution in [0.3, 0.4) is 0 Å². The quantitative estimate of drug-likeness (QED) is 0.675. The van der Waals surface area contributed by atoms with E-state index in [2.05, 4.69) is 4.98 Å². The molecule has 0 saturated carbocycles. The zero-order valence-electron chi connectivity index (χ0n) is 7.55. The monoisotopic (exact) mass is 225 g/mol. The molecule has 0 radical (unpaired) electrons. The summed E-state index contributed by atoms with van der Waals surface area (Å²) >= 11 is 5.69. The van der Waals surface area contributed by atoms with Crippen molar-refractivity contribution >= 4 is 11.6 Å². The van der Waals surface area contributed by atoms with Gasteiger partial charge in [0.25, 0.3) is 0 Å². The predicted octanol–water partition coefficient (Wildman–Crippen LogP) is 3.68. The van der Waals surface area contributed by atoms with Gasteiger partial charge in [-0.1, -0.05) is 17.7 Å². The van der Waals surface area contributed by atoms with E-state index in [1.807, 2.05) is 0 Å². The van der Waals surface area contributed by atoms with Crippen molar-refractivity contribution in [3.05, 3.63) is 53.3 Å². The summed E-state index contributed by atoms with van der Waals surface area (Å²) in [5.41, 5.74) is 1.27. The van der Waals surface area contributed by atoms with Crippen LogP contribution in [0.15, 0.2) is 36.5 Å². The molecule has 0 aliphatic carbocycles. The third-order valence-electron chi connectivity index (χ3n) is 1.98. The van der Waals surface area contributed by atoms with Crippen molar-refractivity contribution in [3.8, 4) is 11.1 Å². The SMILES string of the molecule is Fc1ccc(-c2ccnc(Cl)c2)cc1F. The number of hydrogen-bond donors (Lipinski definition) is 0. The van der Waals surface area contributed by atoms with E-state index in [9.17, 15) is 8.78 Å². The lowest BCUT2D eigenvalue weighted by atomic mass is 10.1. The highest BCUT2D eigenvalue weighted by Gasteiger charge is 2.04. The van der Waals surface area contributed by atoms with Crippen LogP contribution in [0.5, 0.6) is 0 Å². The van der Waals surface area contributed by atoms with E-state index in [1.165, 1.54) is 12.3 Å². The lowest BCUT2D eigenvalue weighted by Gasteiger charge is -2.02. The van der Waals surface area contributed by atoms with Crippen molar-refractivity contribution in [1.29, 1.82) is 0 Å². The molecule has 0 N–H and O–H groups in total. The summed E-state index contributed by atoms with van der Waals surface area (Å²) in [7, 11) is 0. The minimum atomic E-state index is -0.875. The van der Waals surface area contributed by atoms with Crippen LogP contribution in [-0.4, -0.2) is 4.98 Å². The van der Waals surface area contributed by atoms with Crippen LogP contribution in [0, 0.1) is 11.6 Å². The first kappa shape index (κ1) is 10.1. The highest BCUT2D eigenvalue weighted by molar-refractivity contribution is 6.29. The van der Waals surface area contributed by atoms with E-state index in [0.717, 1.165) is 12.1 Å². The third kappa shape index (κ3) is 2.13. The lowest BCUT2D eigenvalue weighted by Crippen LogP contribution is -1.85. The smallest absolute Gasteiger partial charge is 0.159 e. The normalized spacial score (nSPS) is 10.3. The molecule has 1 aromatic heterocycles. The molecule has 15 heavy (non-hydrogen) atoms. The van der Waals surface area contributed by atoms with Crippen molar-refractivity contribution in [3.63, 3.8) is 0 Å². The van der Waals surface area contributed by atoms with Gasteiger partial charge in [-0.25, -0.2) is 13.8 Å². The summed E-state index contributed by atoms with van der Waals surface area (Å²) in [6.07, 6.45) is 1.51. The molecule has 2 rings (SSSR count). The summed E-state index contributed by atoms with van der Waals surface area (Å²) in [4.78, 5) is 3.80. The molecule has 0 amide bonds. The van der Waals surface area contributed by atoms with Crippen LogP contribution in [0.1, 0.15) is 0 Å². The molecule has 4 heteroatoms. The average molecular weight is 226 g/mol. The van der Waals surface area contributed by atoms with Crippen molar-refractivity contribution in [2.45, 2.75) is 0 Å². The van der Waals surface area contributed by atoms with Gasteiger partial charge in [0, 0.05) is 6.20 Å². The Morgan fingerprint density at radius 1 is 0.933 bits per heavy atom. The Bertz CT molecular complexity index is 500. The molecule has 1 aromatic carbocycles. The molecule has 0 bridgehead atoms. The van der Waals surface area contributed by atoms with Crippen LogP contribution in [0.2, 0.25) is 5.15 Å². The van der Waals surface area contributed by atoms with Crippen molar-refractivity contribution in [2.24, 2.45) is 0 Å². The van der Waals surface area contributed by atoms with Crippen molar-refractivity contribution < 1.29 is 8.78 Å². The number of halogens is 3. The van der Waals surface area contributed by atoms with Crippen LogP contribution in [-0.2, 0) is 0 Å². The molecular formula is C11H6ClF2N. The predicted molar refractivity (Wildman–Crippen MR) is 54.6 cm³/mol. The maximum atomic E-state index is 12.9. The van der Waals surface area contributed by atoms with E-state index < -0.39 is 11.6 Å². The molecule has 76 valence electrons. The standard InChI is InChI=1S/C11H6ClF2N/c12-11-6-8(3-4-15-11)7-1-2-9(13)10(14)5-7/h1-6H. The Hall–Kier alpha value is -1.48. The van der Waals surface area contributed by atoms with Crippen LogP contribution >= 0.6 is 11.6 Å². The molecule has 1 nitrogen and oxygen atoms in total. The maximum absolute atomic E-state index is 12.9. The van der Waals surface area contributed by atoms with Gasteiger partial charge in [0.05, 0.1) is 0 Å². The van der Waals surface area contributed by atoms with Gasteiger partial charge < -0.3 is 0 Å². The van der Waals surface area contributed by atoms with Gasteiger partial charge in [0.1, 0.15) is 5.15 Å². The van der Waals surface area contributed by atoms with Gasteiger partial charge in [-0.3, -0.25) is 0 Å². The molecule has 0 spiro atoms. The highest BCUT2D eigenvalue weighted by atomic mass is 35.5. The number of aromatic nitrogens is 1. The lowest BCUT2D eigenvalue weighted by molar-refractivity contribution is 0.509. The van der Waals surface area contributed by atoms with Gasteiger partial charge in [-0.05, 0) is 35.4 Å². The first-order chi connectivity index (χ1) is 7.16. The fourth-order valence-electron chi connectivity index (χ4n) is 1.26. The minimum Gasteiger partial charge on any atom is -0.245 e. The summed E-state index contributed by atoms with van der Waals surface area (Å²) < 4.78 is 25.6. The Labute approximate surface area is 90.3 Å². The highest BCUT2D eigenvalue weighted by Crippen LogP contribution is 2.22. The summed E-state index contributed by atoms with van der Waals surface area (Å²) in [5, 5.41) is 0.317. The summed E-state index contributed by atoms with van der Waals surface area (Å²) in [6, 6.07) is 6.97. The van der Waals surface area contributed by atoms with Gasteiger partial charge in [0.15, 0.2) is 11.6 Å². The zero-order chi connectivity index (χ0) is 10.8. The van der Waals surface area contributed by atoms with E-state index >= 15 is 0 Å². The summed E-state index contributed by atoms with van der Waals surface area (Å²) in [6.45, 7) is 0. The fourth-order valence-corrected chi connectivity index (χ4v) is 1.43. The van der Waals surface area contributed by atoms with E-state index in [1.54, 1.807) is 12.1 Å². The van der Waals surface area contributed by atoms with Crippen LogP contribution < -0.4 is 0 Å². The average Bonchev–Trinajstić information content (AvgIpc) is 2.22. The first-order valence-electron chi connectivity index (χ1n) is 4.24. The number of benzene rings is 1. The third-order valence-corrected chi connectivity index (χ3v) is 2.19. The number of pyridine rings is 1. The zero-order valence-corrected chi connectivity index (χ0v) is 8.30. The molecule has 0 aliphatic heterocycles. The van der Waals surface area contributed by atoms with Gasteiger partial charge in [-0.2, -0.15) is 0 Å². The Balaban J connectivity index is 2.50. The topological polar surface area (TPSA) is 12.9 Å². The molecule has 0 saturated heterocycles. The molecule has 0 fully saturated rings. The number of nitrogens with zero attached hydrogens (tertiary/aromatic N) is 1. The molecule has 1 heterocycles. The first-order valence-corrected chi connectivity index (χ1v) is 4.61. The summed E-state index contributed by atoms with van der Waals surface area (Å²) in [5.74, 6) is -1.74. The number of hydrogen-bond acceptors (Lipinski definition) is 1. The fraction of sp³-hybridized carbons (Fsp3) is 0. The molecule has 0 unspecified atom stereocenters. The maximum Gasteiger partial charge on any atom is 0.159 e. The van der Waals surface area contributed by atoms with Crippen molar-refractivity contribution in [1.82, 2.24) is 4.98 Å².